The van der Waals surface area contributed by atoms with Gasteiger partial charge >= 0.3 is 0 Å². The molecule has 0 spiro atoms. The highest BCUT2D eigenvalue weighted by atomic mass is 16.7. The van der Waals surface area contributed by atoms with Gasteiger partial charge in [-0.3, -0.25) is 10.2 Å². The number of hydrazine groups is 1. The lowest BCUT2D eigenvalue weighted by Gasteiger charge is -2.35. The molecule has 3 aliphatic rings. The van der Waals surface area contributed by atoms with E-state index in [2.05, 4.69) is 16.9 Å². The Morgan fingerprint density at radius 1 is 1.21 bits per heavy atom. The lowest BCUT2D eigenvalue weighted by atomic mass is 9.85. The topological polar surface area (TPSA) is 85.2 Å². The molecule has 5 rings (SSSR count). The zero-order valence-electron chi connectivity index (χ0n) is 15.6. The van der Waals surface area contributed by atoms with Crippen molar-refractivity contribution in [3.05, 3.63) is 47.4 Å². The Morgan fingerprint density at radius 3 is 3.00 bits per heavy atom. The Labute approximate surface area is 162 Å². The number of methoxy groups -OCH3 is 1. The number of rotatable bonds is 4. The molecule has 3 aliphatic heterocycles. The van der Waals surface area contributed by atoms with Gasteiger partial charge in [-0.15, -0.1) is 0 Å². The average Bonchev–Trinajstić information content (AvgIpc) is 3.45. The van der Waals surface area contributed by atoms with Crippen LogP contribution in [-0.2, 0) is 11.3 Å². The molecule has 148 valence electrons. The lowest BCUT2D eigenvalue weighted by molar-refractivity contribution is 0.0613. The maximum atomic E-state index is 12.9. The van der Waals surface area contributed by atoms with Crippen molar-refractivity contribution in [3.8, 4) is 11.5 Å². The minimum Gasteiger partial charge on any atom is -0.454 e. The maximum absolute atomic E-state index is 12.9. The summed E-state index contributed by atoms with van der Waals surface area (Å²) in [6.45, 7) is 1.97. The summed E-state index contributed by atoms with van der Waals surface area (Å²) in [4.78, 5) is 14.8. The molecule has 4 heterocycles. The first kappa shape index (κ1) is 17.5. The highest BCUT2D eigenvalue weighted by Gasteiger charge is 2.42. The van der Waals surface area contributed by atoms with Crippen molar-refractivity contribution in [1.82, 2.24) is 15.8 Å². The molecule has 8 nitrogen and oxygen atoms in total. The number of furan rings is 1. The predicted molar refractivity (Wildman–Crippen MR) is 98.8 cm³/mol. The van der Waals surface area contributed by atoms with Gasteiger partial charge in [0.25, 0.3) is 5.91 Å². The number of amides is 1. The van der Waals surface area contributed by atoms with E-state index in [1.165, 1.54) is 0 Å². The van der Waals surface area contributed by atoms with E-state index >= 15 is 0 Å². The van der Waals surface area contributed by atoms with E-state index in [4.69, 9.17) is 18.6 Å². The predicted octanol–water partition coefficient (Wildman–Crippen LogP) is 1.83. The van der Waals surface area contributed by atoms with Crippen molar-refractivity contribution < 1.29 is 23.4 Å². The van der Waals surface area contributed by atoms with Crippen molar-refractivity contribution >= 4 is 5.91 Å². The molecule has 0 saturated carbocycles. The van der Waals surface area contributed by atoms with Crippen LogP contribution in [0.1, 0.15) is 34.3 Å². The molecule has 1 aromatic carbocycles. The molecule has 0 radical (unpaired) electrons. The van der Waals surface area contributed by atoms with E-state index in [1.54, 1.807) is 19.2 Å². The zero-order chi connectivity index (χ0) is 19.1. The number of piperidine rings is 1. The number of hydrogen-bond acceptors (Lipinski definition) is 7. The summed E-state index contributed by atoms with van der Waals surface area (Å²) in [6, 6.07) is 9.95. The van der Waals surface area contributed by atoms with Crippen molar-refractivity contribution in [3.63, 3.8) is 0 Å². The van der Waals surface area contributed by atoms with Gasteiger partial charge in [-0.1, -0.05) is 6.07 Å². The van der Waals surface area contributed by atoms with Crippen molar-refractivity contribution in [1.29, 1.82) is 0 Å². The number of carbonyl (C=O) groups excluding carboxylic acids is 1. The van der Waals surface area contributed by atoms with E-state index in [-0.39, 0.29) is 24.7 Å². The fourth-order valence-corrected chi connectivity index (χ4v) is 4.29. The maximum Gasteiger partial charge on any atom is 0.289 e. The van der Waals surface area contributed by atoms with Crippen LogP contribution in [0.5, 0.6) is 11.5 Å². The van der Waals surface area contributed by atoms with Crippen LogP contribution in [0.25, 0.3) is 0 Å². The molecule has 3 atom stereocenters. The highest BCUT2D eigenvalue weighted by molar-refractivity contribution is 5.91. The van der Waals surface area contributed by atoms with Crippen molar-refractivity contribution in [2.75, 3.05) is 27.0 Å². The molecule has 2 fully saturated rings. The van der Waals surface area contributed by atoms with Gasteiger partial charge in [0.1, 0.15) is 12.4 Å². The molecule has 1 aromatic heterocycles. The third kappa shape index (κ3) is 3.03. The monoisotopic (exact) mass is 385 g/mol. The summed E-state index contributed by atoms with van der Waals surface area (Å²) in [5.41, 5.74) is 7.92. The van der Waals surface area contributed by atoms with Gasteiger partial charge in [-0.05, 0) is 36.2 Å². The van der Waals surface area contributed by atoms with Gasteiger partial charge in [0.05, 0.1) is 6.04 Å². The summed E-state index contributed by atoms with van der Waals surface area (Å²) in [5, 5.41) is 0. The number of nitrogens with one attached hydrogen (secondary N) is 2. The fraction of sp³-hybridized carbons (Fsp3) is 0.450. The Hall–Kier alpha value is -2.55. The fourth-order valence-electron chi connectivity index (χ4n) is 4.29. The molecule has 0 bridgehead atoms. The SMILES string of the molecule is COCc1ccc(C(=O)N2CCC3NNC(c4ccc5c(c4)OCO5)C3C2)o1. The van der Waals surface area contributed by atoms with Crippen LogP contribution in [0.4, 0.5) is 0 Å². The molecule has 8 heteroatoms. The number of hydrogen-bond donors (Lipinski definition) is 2. The van der Waals surface area contributed by atoms with E-state index in [1.807, 2.05) is 17.0 Å². The Bertz CT molecular complexity index is 882. The van der Waals surface area contributed by atoms with Gasteiger partial charge in [0.15, 0.2) is 17.3 Å². The quantitative estimate of drug-likeness (QED) is 0.831. The summed E-state index contributed by atoms with van der Waals surface area (Å²) in [6.07, 6.45) is 0.885. The number of nitrogens with zero attached hydrogens (tertiary/aromatic N) is 1. The summed E-state index contributed by atoms with van der Waals surface area (Å²) in [5.74, 6) is 2.75. The van der Waals surface area contributed by atoms with Gasteiger partial charge in [-0.2, -0.15) is 0 Å². The minimum atomic E-state index is -0.0721. The summed E-state index contributed by atoms with van der Waals surface area (Å²) in [7, 11) is 1.60. The molecule has 2 N–H and O–H groups in total. The van der Waals surface area contributed by atoms with E-state index < -0.39 is 0 Å². The molecule has 28 heavy (non-hydrogen) atoms. The largest absolute Gasteiger partial charge is 0.454 e. The van der Waals surface area contributed by atoms with Crippen LogP contribution in [0.2, 0.25) is 0 Å². The van der Waals surface area contributed by atoms with Crippen molar-refractivity contribution in [2.45, 2.75) is 25.1 Å². The molecular formula is C20H23N3O5. The van der Waals surface area contributed by atoms with Crippen LogP contribution < -0.4 is 20.3 Å². The number of ether oxygens (including phenoxy) is 3. The van der Waals surface area contributed by atoms with E-state index in [0.29, 0.717) is 37.3 Å². The standard InChI is InChI=1S/C20H23N3O5/c1-25-10-13-3-5-17(28-13)20(24)23-7-6-15-14(9-23)19(22-21-15)12-2-4-16-18(8-12)27-11-26-16/h2-5,8,14-15,19,21-22H,6-7,9-11H2,1H3. The van der Waals surface area contributed by atoms with Crippen molar-refractivity contribution in [2.24, 2.45) is 5.92 Å². The van der Waals surface area contributed by atoms with Crippen LogP contribution in [0.3, 0.4) is 0 Å². The molecular weight excluding hydrogens is 362 g/mol. The smallest absolute Gasteiger partial charge is 0.289 e. The first-order valence-electron chi connectivity index (χ1n) is 9.50. The second-order valence-corrected chi connectivity index (χ2v) is 7.39. The number of benzene rings is 1. The minimum absolute atomic E-state index is 0.0721. The summed E-state index contributed by atoms with van der Waals surface area (Å²) >= 11 is 0. The van der Waals surface area contributed by atoms with Gasteiger partial charge in [0.2, 0.25) is 6.79 Å². The van der Waals surface area contributed by atoms with Gasteiger partial charge in [-0.25, -0.2) is 5.43 Å². The van der Waals surface area contributed by atoms with Gasteiger partial charge in [0, 0.05) is 32.2 Å². The Kier molecular flexibility index (Phi) is 4.46. The number of fused-ring (bicyclic) bond motifs is 2. The van der Waals surface area contributed by atoms with Crippen LogP contribution in [-0.4, -0.2) is 43.8 Å². The Balaban J connectivity index is 1.33. The average molecular weight is 385 g/mol. The first-order valence-corrected chi connectivity index (χ1v) is 9.50. The molecule has 3 unspecified atom stereocenters. The van der Waals surface area contributed by atoms with Crippen LogP contribution >= 0.6 is 0 Å². The number of carbonyl (C=O) groups is 1. The van der Waals surface area contributed by atoms with Crippen LogP contribution in [0.15, 0.2) is 34.7 Å². The van der Waals surface area contributed by atoms with Crippen LogP contribution in [0, 0.1) is 5.92 Å². The van der Waals surface area contributed by atoms with E-state index in [9.17, 15) is 4.79 Å². The Morgan fingerprint density at radius 2 is 2.11 bits per heavy atom. The third-order valence-corrected chi connectivity index (χ3v) is 5.71. The molecule has 0 aliphatic carbocycles. The molecule has 1 amide bonds. The third-order valence-electron chi connectivity index (χ3n) is 5.71. The second kappa shape index (κ2) is 7.12. The first-order chi connectivity index (χ1) is 13.7. The van der Waals surface area contributed by atoms with Gasteiger partial charge < -0.3 is 23.5 Å². The van der Waals surface area contributed by atoms with E-state index in [0.717, 1.165) is 23.5 Å². The molecule has 2 aromatic rings. The summed E-state index contributed by atoms with van der Waals surface area (Å²) < 4.78 is 21.6. The number of likely N-dealkylation sites (tertiary alicyclic amines) is 1. The zero-order valence-corrected chi connectivity index (χ0v) is 15.6. The molecule has 2 saturated heterocycles. The lowest BCUT2D eigenvalue weighted by Crippen LogP contribution is -2.47. The highest BCUT2D eigenvalue weighted by Crippen LogP contribution is 2.39. The second-order valence-electron chi connectivity index (χ2n) is 7.39. The normalized spacial score (nSPS) is 25.8.